The van der Waals surface area contributed by atoms with Gasteiger partial charge in [0, 0.05) is 6.61 Å². The quantitative estimate of drug-likeness (QED) is 0.646. The first-order chi connectivity index (χ1) is 7.50. The lowest BCUT2D eigenvalue weighted by Gasteiger charge is -2.21. The highest BCUT2D eigenvalue weighted by atomic mass is 16.8. The lowest BCUT2D eigenvalue weighted by Crippen LogP contribution is -2.40. The molecule has 3 atom stereocenters. The Bertz CT molecular complexity index is 207. The van der Waals surface area contributed by atoms with Crippen molar-refractivity contribution in [2.24, 2.45) is 0 Å². The zero-order valence-electron chi connectivity index (χ0n) is 10.2. The molecule has 0 aromatic rings. The summed E-state index contributed by atoms with van der Waals surface area (Å²) >= 11 is 0. The maximum atomic E-state index is 9.87. The van der Waals surface area contributed by atoms with Gasteiger partial charge in [0.25, 0.3) is 0 Å². The third-order valence-electron chi connectivity index (χ3n) is 2.42. The molecular weight excluding hydrogens is 212 g/mol. The molecular formula is C11H22O5. The van der Waals surface area contributed by atoms with Crippen LogP contribution in [0.2, 0.25) is 0 Å². The minimum atomic E-state index is -0.773. The molecule has 1 rings (SSSR count). The normalized spacial score (nSPS) is 30.6. The van der Waals surface area contributed by atoms with Crippen LogP contribution < -0.4 is 0 Å². The average molecular weight is 234 g/mol. The van der Waals surface area contributed by atoms with Crippen LogP contribution in [0, 0.1) is 0 Å². The number of aliphatic hydroxyl groups is 2. The second-order valence-electron chi connectivity index (χ2n) is 4.46. The van der Waals surface area contributed by atoms with Crippen LogP contribution in [0.1, 0.15) is 27.2 Å². The van der Waals surface area contributed by atoms with E-state index in [1.165, 1.54) is 0 Å². The van der Waals surface area contributed by atoms with E-state index in [2.05, 4.69) is 0 Å². The topological polar surface area (TPSA) is 68.2 Å². The van der Waals surface area contributed by atoms with Gasteiger partial charge in [-0.1, -0.05) is 6.92 Å². The van der Waals surface area contributed by atoms with Crippen molar-refractivity contribution in [2.45, 2.75) is 51.3 Å². The summed E-state index contributed by atoms with van der Waals surface area (Å²) in [5.41, 5.74) is 0. The van der Waals surface area contributed by atoms with Crippen LogP contribution in [0.5, 0.6) is 0 Å². The first-order valence-electron chi connectivity index (χ1n) is 5.72. The molecule has 0 saturated carbocycles. The van der Waals surface area contributed by atoms with Crippen molar-refractivity contribution in [3.8, 4) is 0 Å². The fraction of sp³-hybridized carbons (Fsp3) is 1.00. The Morgan fingerprint density at radius 3 is 2.62 bits per heavy atom. The van der Waals surface area contributed by atoms with Gasteiger partial charge in [-0.05, 0) is 20.3 Å². The highest BCUT2D eigenvalue weighted by Gasteiger charge is 2.44. The number of ether oxygens (including phenoxy) is 3. The highest BCUT2D eigenvalue weighted by molar-refractivity contribution is 4.86. The van der Waals surface area contributed by atoms with Gasteiger partial charge in [0.2, 0.25) is 0 Å². The summed E-state index contributed by atoms with van der Waals surface area (Å²) in [5, 5.41) is 19.0. The number of hydrogen-bond acceptors (Lipinski definition) is 5. The molecule has 1 aliphatic rings. The molecule has 16 heavy (non-hydrogen) atoms. The molecule has 0 amide bonds. The standard InChI is InChI=1S/C11H22O5/c1-4-5-14-7-8(13)10-9(6-12)15-11(2,3)16-10/h8-10,12-13H,4-7H2,1-3H3/t8-,9+,10-/m1/s1. The molecule has 1 heterocycles. The molecule has 2 N–H and O–H groups in total. The summed E-state index contributed by atoms with van der Waals surface area (Å²) in [6.07, 6.45) is -0.888. The minimum Gasteiger partial charge on any atom is -0.394 e. The van der Waals surface area contributed by atoms with Gasteiger partial charge >= 0.3 is 0 Å². The van der Waals surface area contributed by atoms with Crippen molar-refractivity contribution in [3.63, 3.8) is 0 Å². The van der Waals surface area contributed by atoms with E-state index in [1.54, 1.807) is 13.8 Å². The molecule has 1 fully saturated rings. The van der Waals surface area contributed by atoms with Crippen LogP contribution in [0.15, 0.2) is 0 Å². The van der Waals surface area contributed by atoms with Gasteiger partial charge in [0.05, 0.1) is 13.2 Å². The van der Waals surface area contributed by atoms with Crippen LogP contribution in [0.3, 0.4) is 0 Å². The van der Waals surface area contributed by atoms with Crippen molar-refractivity contribution in [2.75, 3.05) is 19.8 Å². The van der Waals surface area contributed by atoms with Crippen molar-refractivity contribution in [1.29, 1.82) is 0 Å². The zero-order valence-corrected chi connectivity index (χ0v) is 10.2. The van der Waals surface area contributed by atoms with Crippen LogP contribution in [0.25, 0.3) is 0 Å². The van der Waals surface area contributed by atoms with Crippen LogP contribution >= 0.6 is 0 Å². The number of hydrogen-bond donors (Lipinski definition) is 2. The molecule has 1 aliphatic heterocycles. The Morgan fingerprint density at radius 1 is 1.38 bits per heavy atom. The summed E-state index contributed by atoms with van der Waals surface area (Å²) in [6, 6.07) is 0. The Labute approximate surface area is 96.3 Å². The van der Waals surface area contributed by atoms with Crippen LogP contribution in [-0.2, 0) is 14.2 Å². The van der Waals surface area contributed by atoms with Crippen LogP contribution in [-0.4, -0.2) is 54.1 Å². The van der Waals surface area contributed by atoms with Crippen LogP contribution in [0.4, 0.5) is 0 Å². The third-order valence-corrected chi connectivity index (χ3v) is 2.42. The van der Waals surface area contributed by atoms with E-state index in [4.69, 9.17) is 19.3 Å². The Hall–Kier alpha value is -0.200. The number of aliphatic hydroxyl groups excluding tert-OH is 2. The largest absolute Gasteiger partial charge is 0.394 e. The maximum absolute atomic E-state index is 9.87. The van der Waals surface area contributed by atoms with Gasteiger partial charge < -0.3 is 24.4 Å². The molecule has 0 aromatic heterocycles. The van der Waals surface area contributed by atoms with E-state index in [-0.39, 0.29) is 13.2 Å². The Balaban J connectivity index is 2.44. The molecule has 0 radical (unpaired) electrons. The summed E-state index contributed by atoms with van der Waals surface area (Å²) in [4.78, 5) is 0. The van der Waals surface area contributed by atoms with E-state index in [9.17, 15) is 5.11 Å². The first-order valence-corrected chi connectivity index (χ1v) is 5.72. The molecule has 5 heteroatoms. The summed E-state index contributed by atoms with van der Waals surface area (Å²) in [7, 11) is 0. The molecule has 96 valence electrons. The van der Waals surface area contributed by atoms with E-state index in [0.717, 1.165) is 6.42 Å². The second-order valence-corrected chi connectivity index (χ2v) is 4.46. The zero-order chi connectivity index (χ0) is 12.2. The second kappa shape index (κ2) is 5.93. The van der Waals surface area contributed by atoms with Gasteiger partial charge in [0.15, 0.2) is 5.79 Å². The summed E-state index contributed by atoms with van der Waals surface area (Å²) in [5.74, 6) is -0.760. The lowest BCUT2D eigenvalue weighted by molar-refractivity contribution is -0.160. The fourth-order valence-corrected chi connectivity index (χ4v) is 1.77. The Morgan fingerprint density at radius 2 is 2.06 bits per heavy atom. The van der Waals surface area contributed by atoms with Crippen molar-refractivity contribution < 1.29 is 24.4 Å². The van der Waals surface area contributed by atoms with Crippen molar-refractivity contribution in [3.05, 3.63) is 0 Å². The van der Waals surface area contributed by atoms with Gasteiger partial charge in [0.1, 0.15) is 18.3 Å². The molecule has 0 spiro atoms. The monoisotopic (exact) mass is 234 g/mol. The van der Waals surface area contributed by atoms with E-state index >= 15 is 0 Å². The first kappa shape index (κ1) is 13.9. The lowest BCUT2D eigenvalue weighted by atomic mass is 10.1. The van der Waals surface area contributed by atoms with E-state index in [0.29, 0.717) is 6.61 Å². The molecule has 1 saturated heterocycles. The SMILES string of the molecule is CCCOC[C@@H](O)[C@H]1OC(C)(C)O[C@H]1CO. The number of rotatable bonds is 6. The molecule has 0 bridgehead atoms. The highest BCUT2D eigenvalue weighted by Crippen LogP contribution is 2.29. The van der Waals surface area contributed by atoms with E-state index < -0.39 is 24.1 Å². The van der Waals surface area contributed by atoms with Crippen molar-refractivity contribution in [1.82, 2.24) is 0 Å². The van der Waals surface area contributed by atoms with Crippen molar-refractivity contribution >= 4 is 0 Å². The van der Waals surface area contributed by atoms with E-state index in [1.807, 2.05) is 6.92 Å². The summed E-state index contributed by atoms with van der Waals surface area (Å²) in [6.45, 7) is 6.16. The summed E-state index contributed by atoms with van der Waals surface area (Å²) < 4.78 is 16.2. The molecule has 5 nitrogen and oxygen atoms in total. The molecule has 0 aromatic carbocycles. The maximum Gasteiger partial charge on any atom is 0.164 e. The Kier molecular flexibility index (Phi) is 5.14. The third kappa shape index (κ3) is 3.68. The fourth-order valence-electron chi connectivity index (χ4n) is 1.77. The predicted octanol–water partition coefficient (Wildman–Crippen LogP) is 0.286. The average Bonchev–Trinajstić information content (AvgIpc) is 2.54. The molecule has 0 aliphatic carbocycles. The van der Waals surface area contributed by atoms with Gasteiger partial charge in [-0.25, -0.2) is 0 Å². The predicted molar refractivity (Wildman–Crippen MR) is 58.0 cm³/mol. The van der Waals surface area contributed by atoms with Gasteiger partial charge in [-0.2, -0.15) is 0 Å². The minimum absolute atomic E-state index is 0.168. The smallest absolute Gasteiger partial charge is 0.164 e. The molecule has 0 unspecified atom stereocenters. The van der Waals surface area contributed by atoms with Gasteiger partial charge in [-0.15, -0.1) is 0 Å². The van der Waals surface area contributed by atoms with Gasteiger partial charge in [-0.3, -0.25) is 0 Å².